The fourth-order valence-corrected chi connectivity index (χ4v) is 4.22. The lowest BCUT2D eigenvalue weighted by Gasteiger charge is -2.19. The maximum absolute atomic E-state index is 13.0. The minimum absolute atomic E-state index is 0.0199. The number of nitrogens with zero attached hydrogens (tertiary/aromatic N) is 1. The Kier molecular flexibility index (Phi) is 7.07. The van der Waals surface area contributed by atoms with Crippen LogP contribution in [0.15, 0.2) is 96.4 Å². The van der Waals surface area contributed by atoms with E-state index in [0.717, 1.165) is 4.31 Å². The van der Waals surface area contributed by atoms with Crippen LogP contribution in [0.3, 0.4) is 0 Å². The zero-order valence-electron chi connectivity index (χ0n) is 17.5. The Morgan fingerprint density at radius 1 is 0.938 bits per heavy atom. The Bertz CT molecular complexity index is 1240. The number of carbonyl (C=O) groups is 2. The molecule has 0 radical (unpaired) electrons. The first kappa shape index (κ1) is 22.8. The molecule has 0 aliphatic carbocycles. The standard InChI is InChI=1S/C24H23N3O4S/c1-3-16-25-24(29)21-14-7-8-15-22(21)26-23(28)18-10-9-13-20(17-18)32(30,31)27(2)19-11-5-4-6-12-19/h3-15,17H,1,16H2,2H3,(H,25,29)(H,26,28). The third-order valence-corrected chi connectivity index (χ3v) is 6.48. The van der Waals surface area contributed by atoms with Crippen LogP contribution >= 0.6 is 0 Å². The van der Waals surface area contributed by atoms with E-state index in [-0.39, 0.29) is 28.5 Å². The topological polar surface area (TPSA) is 95.6 Å². The van der Waals surface area contributed by atoms with Gasteiger partial charge in [-0.25, -0.2) is 8.42 Å². The zero-order valence-corrected chi connectivity index (χ0v) is 18.3. The van der Waals surface area contributed by atoms with Gasteiger partial charge in [0.2, 0.25) is 0 Å². The third kappa shape index (κ3) is 5.04. The SMILES string of the molecule is C=CCNC(=O)c1ccccc1NC(=O)c1cccc(S(=O)(=O)N(C)c2ccccc2)c1. The third-order valence-electron chi connectivity index (χ3n) is 4.70. The van der Waals surface area contributed by atoms with E-state index in [0.29, 0.717) is 11.4 Å². The minimum atomic E-state index is -3.87. The summed E-state index contributed by atoms with van der Waals surface area (Å²) in [7, 11) is -2.42. The molecule has 0 bridgehead atoms. The first-order valence-corrected chi connectivity index (χ1v) is 11.2. The fourth-order valence-electron chi connectivity index (χ4n) is 2.98. The highest BCUT2D eigenvalue weighted by Gasteiger charge is 2.22. The van der Waals surface area contributed by atoms with Crippen LogP contribution in [0.2, 0.25) is 0 Å². The van der Waals surface area contributed by atoms with Crippen molar-refractivity contribution in [2.24, 2.45) is 0 Å². The Morgan fingerprint density at radius 3 is 2.34 bits per heavy atom. The van der Waals surface area contributed by atoms with E-state index in [9.17, 15) is 18.0 Å². The van der Waals surface area contributed by atoms with E-state index in [2.05, 4.69) is 17.2 Å². The number of rotatable bonds is 8. The number of benzene rings is 3. The van der Waals surface area contributed by atoms with Crippen LogP contribution < -0.4 is 14.9 Å². The van der Waals surface area contributed by atoms with Gasteiger partial charge in [0.05, 0.1) is 21.8 Å². The molecule has 3 rings (SSSR count). The lowest BCUT2D eigenvalue weighted by molar-refractivity contribution is 0.0959. The molecule has 164 valence electrons. The summed E-state index contributed by atoms with van der Waals surface area (Å²) in [6.45, 7) is 3.85. The van der Waals surface area contributed by atoms with E-state index in [1.807, 2.05) is 0 Å². The van der Waals surface area contributed by atoms with Gasteiger partial charge < -0.3 is 10.6 Å². The fraction of sp³-hybridized carbons (Fsp3) is 0.0833. The predicted octanol–water partition coefficient (Wildman–Crippen LogP) is 3.68. The molecule has 0 spiro atoms. The summed E-state index contributed by atoms with van der Waals surface area (Å²) in [4.78, 5) is 25.2. The average molecular weight is 450 g/mol. The normalized spacial score (nSPS) is 10.8. The van der Waals surface area contributed by atoms with Gasteiger partial charge in [0.1, 0.15) is 0 Å². The maximum Gasteiger partial charge on any atom is 0.264 e. The number of amides is 2. The van der Waals surface area contributed by atoms with E-state index < -0.39 is 15.9 Å². The second-order valence-electron chi connectivity index (χ2n) is 6.83. The first-order valence-electron chi connectivity index (χ1n) is 9.78. The molecule has 0 saturated heterocycles. The van der Waals surface area contributed by atoms with Crippen molar-refractivity contribution in [3.8, 4) is 0 Å². The van der Waals surface area contributed by atoms with Crippen LogP contribution in [-0.4, -0.2) is 33.8 Å². The lowest BCUT2D eigenvalue weighted by atomic mass is 10.1. The van der Waals surface area contributed by atoms with Gasteiger partial charge in [0, 0.05) is 19.2 Å². The average Bonchev–Trinajstić information content (AvgIpc) is 2.83. The Morgan fingerprint density at radius 2 is 1.62 bits per heavy atom. The van der Waals surface area contributed by atoms with E-state index >= 15 is 0 Å². The Hall–Kier alpha value is -3.91. The number of carbonyl (C=O) groups excluding carboxylic acids is 2. The van der Waals surface area contributed by atoms with Gasteiger partial charge in [-0.3, -0.25) is 13.9 Å². The summed E-state index contributed by atoms with van der Waals surface area (Å²) < 4.78 is 27.2. The van der Waals surface area contributed by atoms with Crippen molar-refractivity contribution < 1.29 is 18.0 Å². The predicted molar refractivity (Wildman–Crippen MR) is 125 cm³/mol. The first-order chi connectivity index (χ1) is 15.3. The maximum atomic E-state index is 13.0. The Balaban J connectivity index is 1.85. The summed E-state index contributed by atoms with van der Waals surface area (Å²) in [5.41, 5.74) is 1.25. The second-order valence-corrected chi connectivity index (χ2v) is 8.80. The van der Waals surface area contributed by atoms with Crippen molar-refractivity contribution in [2.45, 2.75) is 4.90 Å². The molecule has 7 nitrogen and oxygen atoms in total. The highest BCUT2D eigenvalue weighted by Crippen LogP contribution is 2.23. The van der Waals surface area contributed by atoms with Crippen molar-refractivity contribution in [2.75, 3.05) is 23.2 Å². The van der Waals surface area contributed by atoms with Crippen LogP contribution in [0.5, 0.6) is 0 Å². The minimum Gasteiger partial charge on any atom is -0.349 e. The summed E-state index contributed by atoms with van der Waals surface area (Å²) in [5.74, 6) is -0.894. The summed E-state index contributed by atoms with van der Waals surface area (Å²) in [6, 6.07) is 21.0. The van der Waals surface area contributed by atoms with Gasteiger partial charge in [-0.1, -0.05) is 42.5 Å². The molecule has 2 amide bonds. The molecule has 2 N–H and O–H groups in total. The number of hydrogen-bond acceptors (Lipinski definition) is 4. The molecular weight excluding hydrogens is 426 g/mol. The molecule has 0 aromatic heterocycles. The van der Waals surface area contributed by atoms with Gasteiger partial charge in [0.25, 0.3) is 21.8 Å². The summed E-state index contributed by atoms with van der Waals surface area (Å²) in [6.07, 6.45) is 1.55. The Labute approximate surface area is 187 Å². The van der Waals surface area contributed by atoms with Gasteiger partial charge in [-0.15, -0.1) is 6.58 Å². The van der Waals surface area contributed by atoms with Crippen molar-refractivity contribution in [1.82, 2.24) is 5.32 Å². The lowest BCUT2D eigenvalue weighted by Crippen LogP contribution is -2.27. The van der Waals surface area contributed by atoms with Crippen molar-refractivity contribution in [3.05, 3.63) is 103 Å². The van der Waals surface area contributed by atoms with E-state index in [4.69, 9.17) is 0 Å². The second kappa shape index (κ2) is 9.93. The summed E-state index contributed by atoms with van der Waals surface area (Å²) in [5, 5.41) is 5.36. The molecule has 0 aliphatic heterocycles. The molecule has 0 saturated carbocycles. The monoisotopic (exact) mass is 449 g/mol. The van der Waals surface area contributed by atoms with Gasteiger partial charge in [0.15, 0.2) is 0 Å². The molecule has 0 unspecified atom stereocenters. The molecule has 3 aromatic rings. The molecule has 32 heavy (non-hydrogen) atoms. The quantitative estimate of drug-likeness (QED) is 0.513. The number of para-hydroxylation sites is 2. The molecule has 0 atom stereocenters. The van der Waals surface area contributed by atoms with Crippen LogP contribution in [-0.2, 0) is 10.0 Å². The number of hydrogen-bond donors (Lipinski definition) is 2. The van der Waals surface area contributed by atoms with E-state index in [1.54, 1.807) is 60.7 Å². The van der Waals surface area contributed by atoms with Crippen LogP contribution in [0.1, 0.15) is 20.7 Å². The van der Waals surface area contributed by atoms with Crippen LogP contribution in [0.25, 0.3) is 0 Å². The smallest absolute Gasteiger partial charge is 0.264 e. The molecule has 0 fully saturated rings. The molecule has 8 heteroatoms. The summed E-state index contributed by atoms with van der Waals surface area (Å²) >= 11 is 0. The largest absolute Gasteiger partial charge is 0.349 e. The van der Waals surface area contributed by atoms with Crippen molar-refractivity contribution in [3.63, 3.8) is 0 Å². The molecule has 0 aliphatic rings. The van der Waals surface area contributed by atoms with Crippen molar-refractivity contribution >= 4 is 33.2 Å². The van der Waals surface area contributed by atoms with Gasteiger partial charge >= 0.3 is 0 Å². The highest BCUT2D eigenvalue weighted by molar-refractivity contribution is 7.92. The van der Waals surface area contributed by atoms with E-state index in [1.165, 1.54) is 31.3 Å². The highest BCUT2D eigenvalue weighted by atomic mass is 32.2. The van der Waals surface area contributed by atoms with Crippen LogP contribution in [0, 0.1) is 0 Å². The number of anilines is 2. The number of nitrogens with one attached hydrogen (secondary N) is 2. The molecule has 0 heterocycles. The molecular formula is C24H23N3O4S. The van der Waals surface area contributed by atoms with Gasteiger partial charge in [-0.05, 0) is 42.5 Å². The van der Waals surface area contributed by atoms with Gasteiger partial charge in [-0.2, -0.15) is 0 Å². The molecule has 3 aromatic carbocycles. The zero-order chi connectivity index (χ0) is 23.1. The van der Waals surface area contributed by atoms with Crippen LogP contribution in [0.4, 0.5) is 11.4 Å². The van der Waals surface area contributed by atoms with Crippen molar-refractivity contribution in [1.29, 1.82) is 0 Å². The number of sulfonamides is 1.